The van der Waals surface area contributed by atoms with Gasteiger partial charge in [0.25, 0.3) is 10.0 Å². The standard InChI is InChI=1S/C13H14N2O5S/c1-2-20-12-6-4-3-5-10(12)15-21(18,19)9-7-11(13(16)17)14-8-9/h3-8,14-15H,2H2,1H3,(H,16,17). The summed E-state index contributed by atoms with van der Waals surface area (Å²) in [6, 6.07) is 7.64. The highest BCUT2D eigenvalue weighted by atomic mass is 32.2. The first-order valence-electron chi connectivity index (χ1n) is 6.10. The van der Waals surface area contributed by atoms with Gasteiger partial charge >= 0.3 is 5.97 Å². The van der Waals surface area contributed by atoms with E-state index in [1.165, 1.54) is 0 Å². The summed E-state index contributed by atoms with van der Waals surface area (Å²) in [5.74, 6) is -0.830. The average molecular weight is 310 g/mol. The predicted octanol–water partition coefficient (Wildman–Crippen LogP) is 1.91. The number of aromatic carboxylic acids is 1. The van der Waals surface area contributed by atoms with Crippen LogP contribution in [0.25, 0.3) is 0 Å². The number of hydrogen-bond acceptors (Lipinski definition) is 4. The van der Waals surface area contributed by atoms with Gasteiger partial charge in [-0.3, -0.25) is 4.72 Å². The van der Waals surface area contributed by atoms with Gasteiger partial charge in [-0.2, -0.15) is 0 Å². The van der Waals surface area contributed by atoms with Crippen molar-refractivity contribution in [1.82, 2.24) is 4.98 Å². The minimum absolute atomic E-state index is 0.161. The maximum atomic E-state index is 12.2. The fourth-order valence-corrected chi connectivity index (χ4v) is 2.75. The van der Waals surface area contributed by atoms with Gasteiger partial charge < -0.3 is 14.8 Å². The summed E-state index contributed by atoms with van der Waals surface area (Å²) >= 11 is 0. The number of carbonyl (C=O) groups is 1. The monoisotopic (exact) mass is 310 g/mol. The number of ether oxygens (including phenoxy) is 1. The lowest BCUT2D eigenvalue weighted by Crippen LogP contribution is -2.13. The molecule has 0 radical (unpaired) electrons. The summed E-state index contributed by atoms with van der Waals surface area (Å²) in [4.78, 5) is 13.0. The third kappa shape index (κ3) is 3.34. The second kappa shape index (κ2) is 5.88. The largest absolute Gasteiger partial charge is 0.492 e. The molecule has 0 aliphatic rings. The van der Waals surface area contributed by atoms with Crippen LogP contribution in [0.3, 0.4) is 0 Å². The molecule has 0 fully saturated rings. The number of rotatable bonds is 6. The van der Waals surface area contributed by atoms with E-state index in [0.717, 1.165) is 12.3 Å². The molecule has 0 saturated carbocycles. The predicted molar refractivity (Wildman–Crippen MR) is 76.2 cm³/mol. The summed E-state index contributed by atoms with van der Waals surface area (Å²) < 4.78 is 32.1. The molecule has 21 heavy (non-hydrogen) atoms. The lowest BCUT2D eigenvalue weighted by atomic mass is 10.3. The van der Waals surface area contributed by atoms with Crippen molar-refractivity contribution < 1.29 is 23.1 Å². The van der Waals surface area contributed by atoms with Crippen LogP contribution in [0, 0.1) is 0 Å². The quantitative estimate of drug-likeness (QED) is 0.755. The highest BCUT2D eigenvalue weighted by molar-refractivity contribution is 7.92. The summed E-state index contributed by atoms with van der Waals surface area (Å²) in [6.45, 7) is 2.18. The minimum atomic E-state index is -3.89. The Bertz CT molecular complexity index is 751. The number of para-hydroxylation sites is 2. The van der Waals surface area contributed by atoms with E-state index in [4.69, 9.17) is 9.84 Å². The summed E-state index contributed by atoms with van der Waals surface area (Å²) in [7, 11) is -3.89. The van der Waals surface area contributed by atoms with Gasteiger partial charge in [0.05, 0.1) is 12.3 Å². The second-order valence-electron chi connectivity index (χ2n) is 4.09. The fourth-order valence-electron chi connectivity index (χ4n) is 1.69. The maximum Gasteiger partial charge on any atom is 0.352 e. The van der Waals surface area contributed by atoms with Gasteiger partial charge in [0.15, 0.2) is 0 Å². The van der Waals surface area contributed by atoms with E-state index in [-0.39, 0.29) is 16.3 Å². The van der Waals surface area contributed by atoms with Crippen molar-refractivity contribution in [2.45, 2.75) is 11.8 Å². The first-order valence-corrected chi connectivity index (χ1v) is 7.58. The summed E-state index contributed by atoms with van der Waals surface area (Å²) in [5.41, 5.74) is 0.0888. The third-order valence-corrected chi connectivity index (χ3v) is 3.97. The molecule has 0 aliphatic heterocycles. The molecule has 0 amide bonds. The Morgan fingerprint density at radius 3 is 2.71 bits per heavy atom. The number of sulfonamides is 1. The smallest absolute Gasteiger partial charge is 0.352 e. The molecule has 7 nitrogen and oxygen atoms in total. The molecule has 0 atom stereocenters. The lowest BCUT2D eigenvalue weighted by Gasteiger charge is -2.11. The zero-order valence-corrected chi connectivity index (χ0v) is 12.0. The summed E-state index contributed by atoms with van der Waals surface area (Å²) in [5, 5.41) is 8.80. The molecule has 0 bridgehead atoms. The van der Waals surface area contributed by atoms with Crippen LogP contribution in [-0.2, 0) is 10.0 Å². The van der Waals surface area contributed by atoms with E-state index in [1.54, 1.807) is 31.2 Å². The van der Waals surface area contributed by atoms with Crippen LogP contribution < -0.4 is 9.46 Å². The Morgan fingerprint density at radius 2 is 2.10 bits per heavy atom. The van der Waals surface area contributed by atoms with E-state index in [9.17, 15) is 13.2 Å². The Kier molecular flexibility index (Phi) is 4.18. The molecule has 1 aromatic carbocycles. The Labute approximate surface area is 121 Å². The zero-order valence-electron chi connectivity index (χ0n) is 11.2. The Morgan fingerprint density at radius 1 is 1.38 bits per heavy atom. The number of anilines is 1. The SMILES string of the molecule is CCOc1ccccc1NS(=O)(=O)c1c[nH]c(C(=O)O)c1. The average Bonchev–Trinajstić information content (AvgIpc) is 2.92. The number of H-pyrrole nitrogens is 1. The molecule has 1 aromatic heterocycles. The highest BCUT2D eigenvalue weighted by Gasteiger charge is 2.19. The third-order valence-electron chi connectivity index (χ3n) is 2.63. The molecule has 0 unspecified atom stereocenters. The van der Waals surface area contributed by atoms with Crippen LogP contribution >= 0.6 is 0 Å². The molecule has 8 heteroatoms. The Hall–Kier alpha value is -2.48. The molecule has 0 saturated heterocycles. The van der Waals surface area contributed by atoms with E-state index in [0.29, 0.717) is 12.4 Å². The van der Waals surface area contributed by atoms with Crippen LogP contribution in [0.2, 0.25) is 0 Å². The normalized spacial score (nSPS) is 11.1. The lowest BCUT2D eigenvalue weighted by molar-refractivity contribution is 0.0691. The molecule has 2 rings (SSSR count). The van der Waals surface area contributed by atoms with Crippen LogP contribution in [0.4, 0.5) is 5.69 Å². The molecular weight excluding hydrogens is 296 g/mol. The fraction of sp³-hybridized carbons (Fsp3) is 0.154. The number of benzene rings is 1. The molecule has 0 spiro atoms. The van der Waals surface area contributed by atoms with Gasteiger partial charge in [0.2, 0.25) is 0 Å². The van der Waals surface area contributed by atoms with Crippen molar-refractivity contribution in [1.29, 1.82) is 0 Å². The van der Waals surface area contributed by atoms with Crippen LogP contribution in [0.5, 0.6) is 5.75 Å². The topological polar surface area (TPSA) is 108 Å². The van der Waals surface area contributed by atoms with E-state index in [1.807, 2.05) is 0 Å². The zero-order chi connectivity index (χ0) is 15.5. The first kappa shape index (κ1) is 14.9. The van der Waals surface area contributed by atoms with Gasteiger partial charge in [-0.15, -0.1) is 0 Å². The van der Waals surface area contributed by atoms with E-state index in [2.05, 4.69) is 9.71 Å². The van der Waals surface area contributed by atoms with Crippen molar-refractivity contribution in [3.05, 3.63) is 42.2 Å². The van der Waals surface area contributed by atoms with Crippen molar-refractivity contribution in [3.8, 4) is 5.75 Å². The molecule has 3 N–H and O–H groups in total. The Balaban J connectivity index is 2.30. The van der Waals surface area contributed by atoms with Gasteiger partial charge in [-0.05, 0) is 25.1 Å². The van der Waals surface area contributed by atoms with Crippen LogP contribution in [0.15, 0.2) is 41.4 Å². The van der Waals surface area contributed by atoms with E-state index >= 15 is 0 Å². The molecule has 0 aliphatic carbocycles. The molecular formula is C13H14N2O5S. The van der Waals surface area contributed by atoms with Gasteiger partial charge in [-0.1, -0.05) is 12.1 Å². The molecule has 112 valence electrons. The van der Waals surface area contributed by atoms with Gasteiger partial charge in [0.1, 0.15) is 16.3 Å². The summed E-state index contributed by atoms with van der Waals surface area (Å²) in [6.07, 6.45) is 1.12. The highest BCUT2D eigenvalue weighted by Crippen LogP contribution is 2.26. The number of hydrogen-bond donors (Lipinski definition) is 3. The second-order valence-corrected chi connectivity index (χ2v) is 5.77. The number of aromatic amines is 1. The number of carboxylic acids is 1. The minimum Gasteiger partial charge on any atom is -0.492 e. The maximum absolute atomic E-state index is 12.2. The molecule has 2 aromatic rings. The van der Waals surface area contributed by atoms with Crippen molar-refractivity contribution >= 4 is 21.7 Å². The molecule has 1 heterocycles. The number of carboxylic acid groups (broad SMARTS) is 1. The van der Waals surface area contributed by atoms with Gasteiger partial charge in [-0.25, -0.2) is 13.2 Å². The van der Waals surface area contributed by atoms with Crippen LogP contribution in [0.1, 0.15) is 17.4 Å². The number of nitrogens with one attached hydrogen (secondary N) is 2. The van der Waals surface area contributed by atoms with Gasteiger partial charge in [0, 0.05) is 6.20 Å². The first-order chi connectivity index (χ1) is 9.94. The van der Waals surface area contributed by atoms with Crippen molar-refractivity contribution in [2.75, 3.05) is 11.3 Å². The van der Waals surface area contributed by atoms with Crippen LogP contribution in [-0.4, -0.2) is 31.1 Å². The number of aromatic nitrogens is 1. The van der Waals surface area contributed by atoms with E-state index < -0.39 is 16.0 Å². The van der Waals surface area contributed by atoms with Crippen molar-refractivity contribution in [2.24, 2.45) is 0 Å². The van der Waals surface area contributed by atoms with Crippen molar-refractivity contribution in [3.63, 3.8) is 0 Å².